The number of hydrogen-bond donors (Lipinski definition) is 1. The second-order valence-electron chi connectivity index (χ2n) is 4.97. The van der Waals surface area contributed by atoms with E-state index in [0.717, 1.165) is 23.7 Å². The Hall–Kier alpha value is -2.89. The number of rotatable bonds is 3. The van der Waals surface area contributed by atoms with Crippen LogP contribution in [0.1, 0.15) is 15.9 Å². The van der Waals surface area contributed by atoms with Crippen molar-refractivity contribution in [3.05, 3.63) is 52.4 Å². The Labute approximate surface area is 126 Å². The average molecular weight is 298 g/mol. The maximum atomic E-state index is 12.8. The van der Waals surface area contributed by atoms with E-state index in [1.807, 2.05) is 24.3 Å². The van der Waals surface area contributed by atoms with E-state index in [4.69, 9.17) is 4.74 Å². The van der Waals surface area contributed by atoms with E-state index in [9.17, 15) is 14.8 Å². The number of benzene rings is 2. The van der Waals surface area contributed by atoms with Crippen molar-refractivity contribution in [2.45, 2.75) is 6.42 Å². The van der Waals surface area contributed by atoms with Crippen LogP contribution in [0.2, 0.25) is 0 Å². The third-order valence-corrected chi connectivity index (χ3v) is 3.76. The van der Waals surface area contributed by atoms with Crippen molar-refractivity contribution in [2.24, 2.45) is 5.18 Å². The molecule has 6 heteroatoms. The van der Waals surface area contributed by atoms with Crippen LogP contribution >= 0.6 is 0 Å². The van der Waals surface area contributed by atoms with Crippen LogP contribution in [-0.4, -0.2) is 24.7 Å². The van der Waals surface area contributed by atoms with Gasteiger partial charge in [0.15, 0.2) is 11.5 Å². The van der Waals surface area contributed by atoms with Crippen molar-refractivity contribution in [3.8, 4) is 11.5 Å². The second kappa shape index (κ2) is 5.48. The van der Waals surface area contributed by atoms with Crippen LogP contribution in [0.5, 0.6) is 11.5 Å². The number of methoxy groups -OCH3 is 1. The molecule has 6 nitrogen and oxygen atoms in total. The molecule has 112 valence electrons. The first-order chi connectivity index (χ1) is 10.7. The number of para-hydroxylation sites is 1. The number of carbonyl (C=O) groups is 1. The summed E-state index contributed by atoms with van der Waals surface area (Å²) in [5.41, 5.74) is 1.92. The number of phenolic OH excluding ortho intramolecular Hbond substituents is 1. The largest absolute Gasteiger partial charge is 0.504 e. The maximum absolute atomic E-state index is 12.8. The fourth-order valence-corrected chi connectivity index (χ4v) is 2.66. The molecule has 0 aromatic heterocycles. The van der Waals surface area contributed by atoms with E-state index in [2.05, 4.69) is 5.18 Å². The molecular formula is C16H14N2O4. The highest BCUT2D eigenvalue weighted by molar-refractivity contribution is 6.10. The van der Waals surface area contributed by atoms with Gasteiger partial charge in [-0.1, -0.05) is 18.2 Å². The van der Waals surface area contributed by atoms with Gasteiger partial charge in [0.25, 0.3) is 5.91 Å². The molecule has 2 aromatic carbocycles. The minimum atomic E-state index is -0.335. The van der Waals surface area contributed by atoms with Crippen LogP contribution in [0.3, 0.4) is 0 Å². The van der Waals surface area contributed by atoms with Gasteiger partial charge in [0.1, 0.15) is 5.69 Å². The molecule has 1 N–H and O–H groups in total. The number of aromatic hydroxyl groups is 1. The first-order valence-electron chi connectivity index (χ1n) is 6.80. The molecule has 0 bridgehead atoms. The second-order valence-corrected chi connectivity index (χ2v) is 4.97. The zero-order chi connectivity index (χ0) is 15.7. The Bertz CT molecular complexity index is 758. The van der Waals surface area contributed by atoms with Crippen LogP contribution in [0.25, 0.3) is 0 Å². The molecule has 22 heavy (non-hydrogen) atoms. The normalized spacial score (nSPS) is 12.9. The number of anilines is 1. The quantitative estimate of drug-likeness (QED) is 0.883. The van der Waals surface area contributed by atoms with Crippen LogP contribution in [-0.2, 0) is 6.42 Å². The first-order valence-corrected chi connectivity index (χ1v) is 6.80. The minimum absolute atomic E-state index is 0.104. The monoisotopic (exact) mass is 298 g/mol. The van der Waals surface area contributed by atoms with Gasteiger partial charge in [0.2, 0.25) is 0 Å². The first kappa shape index (κ1) is 14.1. The third kappa shape index (κ3) is 2.18. The standard InChI is InChI=1S/C16H14N2O4/c1-22-15-8-11(12(17-21)9-14(15)19)16(20)18-7-6-10-4-2-3-5-13(10)18/h2-5,8-9,19H,6-7H2,1H3. The number of ether oxygens (including phenoxy) is 1. The minimum Gasteiger partial charge on any atom is -0.504 e. The Morgan fingerprint density at radius 2 is 2.09 bits per heavy atom. The molecule has 0 fully saturated rings. The van der Waals surface area contributed by atoms with Crippen molar-refractivity contribution in [1.29, 1.82) is 0 Å². The summed E-state index contributed by atoms with van der Waals surface area (Å²) >= 11 is 0. The average Bonchev–Trinajstić information content (AvgIpc) is 2.98. The molecule has 0 radical (unpaired) electrons. The van der Waals surface area contributed by atoms with Crippen molar-refractivity contribution < 1.29 is 14.6 Å². The zero-order valence-electron chi connectivity index (χ0n) is 11.9. The van der Waals surface area contributed by atoms with Gasteiger partial charge in [-0.2, -0.15) is 0 Å². The molecule has 1 heterocycles. The van der Waals surface area contributed by atoms with Gasteiger partial charge in [-0.05, 0) is 29.3 Å². The summed E-state index contributed by atoms with van der Waals surface area (Å²) < 4.78 is 5.00. The van der Waals surface area contributed by atoms with Gasteiger partial charge in [0.05, 0.1) is 12.7 Å². The maximum Gasteiger partial charge on any atom is 0.260 e. The summed E-state index contributed by atoms with van der Waals surface area (Å²) in [5, 5.41) is 12.5. The van der Waals surface area contributed by atoms with Crippen molar-refractivity contribution in [2.75, 3.05) is 18.6 Å². The Balaban J connectivity index is 2.05. The van der Waals surface area contributed by atoms with E-state index >= 15 is 0 Å². The Morgan fingerprint density at radius 3 is 2.82 bits per heavy atom. The number of hydrogen-bond acceptors (Lipinski definition) is 5. The zero-order valence-corrected chi connectivity index (χ0v) is 11.9. The number of carbonyl (C=O) groups excluding carboxylic acids is 1. The van der Waals surface area contributed by atoms with Gasteiger partial charge in [0, 0.05) is 18.3 Å². The number of fused-ring (bicyclic) bond motifs is 1. The van der Waals surface area contributed by atoms with Crippen LogP contribution in [0.4, 0.5) is 11.4 Å². The fourth-order valence-electron chi connectivity index (χ4n) is 2.66. The Morgan fingerprint density at radius 1 is 1.32 bits per heavy atom. The lowest BCUT2D eigenvalue weighted by molar-refractivity contribution is 0.0989. The summed E-state index contributed by atoms with van der Waals surface area (Å²) in [6.45, 7) is 0.541. The van der Waals surface area contributed by atoms with Gasteiger partial charge >= 0.3 is 0 Å². The number of nitrogens with zero attached hydrogens (tertiary/aromatic N) is 2. The molecule has 1 aliphatic rings. The molecule has 1 amide bonds. The van der Waals surface area contributed by atoms with E-state index in [1.165, 1.54) is 13.2 Å². The number of phenols is 1. The van der Waals surface area contributed by atoms with Gasteiger partial charge in [-0.15, -0.1) is 4.91 Å². The number of amides is 1. The SMILES string of the molecule is COc1cc(C(=O)N2CCc3ccccc32)c(N=O)cc1O. The molecule has 0 saturated carbocycles. The van der Waals surface area contributed by atoms with E-state index in [1.54, 1.807) is 4.90 Å². The molecule has 0 atom stereocenters. The molecule has 2 aromatic rings. The highest BCUT2D eigenvalue weighted by Gasteiger charge is 2.28. The fraction of sp³-hybridized carbons (Fsp3) is 0.188. The lowest BCUT2D eigenvalue weighted by atomic mass is 10.1. The van der Waals surface area contributed by atoms with E-state index in [-0.39, 0.29) is 28.7 Å². The van der Waals surface area contributed by atoms with E-state index in [0.29, 0.717) is 6.54 Å². The van der Waals surface area contributed by atoms with Gasteiger partial charge in [-0.3, -0.25) is 4.79 Å². The summed E-state index contributed by atoms with van der Waals surface area (Å²) in [5.74, 6) is -0.434. The van der Waals surface area contributed by atoms with Crippen LogP contribution in [0, 0.1) is 4.91 Å². The molecule has 0 saturated heterocycles. The van der Waals surface area contributed by atoms with Crippen molar-refractivity contribution in [3.63, 3.8) is 0 Å². The van der Waals surface area contributed by atoms with Gasteiger partial charge < -0.3 is 14.7 Å². The van der Waals surface area contributed by atoms with Crippen LogP contribution in [0.15, 0.2) is 41.6 Å². The predicted octanol–water partition coefficient (Wildman–Crippen LogP) is 3.00. The van der Waals surface area contributed by atoms with Crippen molar-refractivity contribution in [1.82, 2.24) is 0 Å². The molecule has 0 unspecified atom stereocenters. The smallest absolute Gasteiger partial charge is 0.260 e. The Kier molecular flexibility index (Phi) is 3.50. The molecular weight excluding hydrogens is 284 g/mol. The van der Waals surface area contributed by atoms with Gasteiger partial charge in [-0.25, -0.2) is 0 Å². The topological polar surface area (TPSA) is 79.2 Å². The van der Waals surface area contributed by atoms with Crippen LogP contribution < -0.4 is 9.64 Å². The highest BCUT2D eigenvalue weighted by atomic mass is 16.5. The molecule has 1 aliphatic heterocycles. The summed E-state index contributed by atoms with van der Waals surface area (Å²) in [6.07, 6.45) is 0.765. The lowest BCUT2D eigenvalue weighted by Gasteiger charge is -2.18. The summed E-state index contributed by atoms with van der Waals surface area (Å²) in [7, 11) is 1.38. The molecule has 3 rings (SSSR count). The number of nitroso groups, excluding NO2 is 1. The molecule has 0 spiro atoms. The highest BCUT2D eigenvalue weighted by Crippen LogP contribution is 2.36. The molecule has 0 aliphatic carbocycles. The van der Waals surface area contributed by atoms with Crippen molar-refractivity contribution >= 4 is 17.3 Å². The lowest BCUT2D eigenvalue weighted by Crippen LogP contribution is -2.29. The third-order valence-electron chi connectivity index (χ3n) is 3.76. The predicted molar refractivity (Wildman–Crippen MR) is 81.9 cm³/mol. The summed E-state index contributed by atoms with van der Waals surface area (Å²) in [6, 6.07) is 10.1. The van der Waals surface area contributed by atoms with E-state index < -0.39 is 0 Å². The summed E-state index contributed by atoms with van der Waals surface area (Å²) in [4.78, 5) is 25.3.